The molecule has 3 nitrogen and oxygen atoms in total. The van der Waals surface area contributed by atoms with Gasteiger partial charge in [-0.2, -0.15) is 0 Å². The summed E-state index contributed by atoms with van der Waals surface area (Å²) >= 11 is 0. The van der Waals surface area contributed by atoms with Crippen molar-refractivity contribution in [2.75, 3.05) is 19.6 Å². The van der Waals surface area contributed by atoms with E-state index in [9.17, 15) is 4.79 Å². The summed E-state index contributed by atoms with van der Waals surface area (Å²) in [5.41, 5.74) is 0. The van der Waals surface area contributed by atoms with Crippen LogP contribution in [0.4, 0.5) is 0 Å². The van der Waals surface area contributed by atoms with Gasteiger partial charge >= 0.3 is 0 Å². The monoisotopic (exact) mass is 212 g/mol. The standard InChI is InChI=1S/C12H24N2O/c1-4-12(15)14-7-5-6-11(9-14)8-13-10(2)3/h10-11,13H,4-9H2,1-3H3. The molecule has 0 aromatic carbocycles. The molecule has 1 rings (SSSR count). The zero-order valence-electron chi connectivity index (χ0n) is 10.3. The molecule has 1 saturated heterocycles. The third-order valence-electron chi connectivity index (χ3n) is 2.99. The van der Waals surface area contributed by atoms with Crippen LogP contribution in [-0.4, -0.2) is 36.5 Å². The fourth-order valence-electron chi connectivity index (χ4n) is 2.08. The number of carbonyl (C=O) groups excluding carboxylic acids is 1. The second-order valence-electron chi connectivity index (χ2n) is 4.76. The van der Waals surface area contributed by atoms with Gasteiger partial charge in [0.25, 0.3) is 0 Å². The zero-order chi connectivity index (χ0) is 11.3. The van der Waals surface area contributed by atoms with Crippen LogP contribution < -0.4 is 5.32 Å². The van der Waals surface area contributed by atoms with Gasteiger partial charge < -0.3 is 10.2 Å². The van der Waals surface area contributed by atoms with Gasteiger partial charge in [-0.1, -0.05) is 20.8 Å². The molecule has 0 aromatic rings. The Hall–Kier alpha value is -0.570. The van der Waals surface area contributed by atoms with Gasteiger partial charge in [0.2, 0.25) is 5.91 Å². The number of hydrogen-bond acceptors (Lipinski definition) is 2. The molecule has 1 amide bonds. The first-order valence-electron chi connectivity index (χ1n) is 6.14. The fraction of sp³-hybridized carbons (Fsp3) is 0.917. The first-order chi connectivity index (χ1) is 7.13. The summed E-state index contributed by atoms with van der Waals surface area (Å²) in [7, 11) is 0. The molecule has 0 spiro atoms. The lowest BCUT2D eigenvalue weighted by molar-refractivity contribution is -0.132. The van der Waals surface area contributed by atoms with Crippen molar-refractivity contribution in [2.24, 2.45) is 5.92 Å². The number of rotatable bonds is 4. The van der Waals surface area contributed by atoms with Gasteiger partial charge in [-0.25, -0.2) is 0 Å². The van der Waals surface area contributed by atoms with E-state index in [1.165, 1.54) is 6.42 Å². The molecule has 1 atom stereocenters. The lowest BCUT2D eigenvalue weighted by atomic mass is 9.97. The molecule has 3 heteroatoms. The summed E-state index contributed by atoms with van der Waals surface area (Å²) in [6, 6.07) is 0.544. The van der Waals surface area contributed by atoms with E-state index in [1.54, 1.807) is 0 Å². The normalized spacial score (nSPS) is 22.1. The Balaban J connectivity index is 2.32. The van der Waals surface area contributed by atoms with Crippen molar-refractivity contribution >= 4 is 5.91 Å². The largest absolute Gasteiger partial charge is 0.342 e. The third kappa shape index (κ3) is 4.20. The lowest BCUT2D eigenvalue weighted by Crippen LogP contribution is -2.43. The third-order valence-corrected chi connectivity index (χ3v) is 2.99. The minimum atomic E-state index is 0.309. The highest BCUT2D eigenvalue weighted by Gasteiger charge is 2.22. The molecule has 0 bridgehead atoms. The van der Waals surface area contributed by atoms with Gasteiger partial charge in [-0.3, -0.25) is 4.79 Å². The SMILES string of the molecule is CCC(=O)N1CCCC(CNC(C)C)C1. The van der Waals surface area contributed by atoms with Gasteiger partial charge in [0.05, 0.1) is 0 Å². The Labute approximate surface area is 93.2 Å². The number of carbonyl (C=O) groups is 1. The average Bonchev–Trinajstić information content (AvgIpc) is 2.25. The van der Waals surface area contributed by atoms with E-state index in [0.717, 1.165) is 26.1 Å². The summed E-state index contributed by atoms with van der Waals surface area (Å²) in [5, 5.41) is 3.45. The Morgan fingerprint density at radius 3 is 2.87 bits per heavy atom. The molecule has 0 radical (unpaired) electrons. The second kappa shape index (κ2) is 6.11. The van der Waals surface area contributed by atoms with Crippen molar-refractivity contribution in [3.05, 3.63) is 0 Å². The minimum absolute atomic E-state index is 0.309. The number of hydrogen-bond donors (Lipinski definition) is 1. The van der Waals surface area contributed by atoms with Crippen LogP contribution in [0.1, 0.15) is 40.0 Å². The predicted octanol–water partition coefficient (Wildman–Crippen LogP) is 1.63. The van der Waals surface area contributed by atoms with E-state index in [2.05, 4.69) is 19.2 Å². The molecule has 1 aliphatic heterocycles. The van der Waals surface area contributed by atoms with Gasteiger partial charge in [-0.05, 0) is 25.3 Å². The maximum atomic E-state index is 11.6. The van der Waals surface area contributed by atoms with Crippen molar-refractivity contribution in [3.8, 4) is 0 Å². The Kier molecular flexibility index (Phi) is 5.09. The molecule has 1 unspecified atom stereocenters. The van der Waals surface area contributed by atoms with E-state index in [1.807, 2.05) is 11.8 Å². The summed E-state index contributed by atoms with van der Waals surface area (Å²) in [5.74, 6) is 0.959. The Morgan fingerprint density at radius 1 is 1.53 bits per heavy atom. The molecule has 88 valence electrons. The van der Waals surface area contributed by atoms with Crippen molar-refractivity contribution in [1.82, 2.24) is 10.2 Å². The van der Waals surface area contributed by atoms with E-state index >= 15 is 0 Å². The maximum absolute atomic E-state index is 11.6. The van der Waals surface area contributed by atoms with Crippen molar-refractivity contribution in [3.63, 3.8) is 0 Å². The summed E-state index contributed by atoms with van der Waals surface area (Å²) in [4.78, 5) is 13.6. The van der Waals surface area contributed by atoms with Crippen LogP contribution in [0, 0.1) is 5.92 Å². The highest BCUT2D eigenvalue weighted by molar-refractivity contribution is 5.75. The second-order valence-corrected chi connectivity index (χ2v) is 4.76. The quantitative estimate of drug-likeness (QED) is 0.768. The van der Waals surface area contributed by atoms with Crippen LogP contribution in [-0.2, 0) is 4.79 Å². The van der Waals surface area contributed by atoms with Gasteiger partial charge in [0.15, 0.2) is 0 Å². The molecular formula is C12H24N2O. The Morgan fingerprint density at radius 2 is 2.27 bits per heavy atom. The van der Waals surface area contributed by atoms with Crippen LogP contribution >= 0.6 is 0 Å². The van der Waals surface area contributed by atoms with E-state index in [0.29, 0.717) is 24.3 Å². The molecule has 15 heavy (non-hydrogen) atoms. The first kappa shape index (κ1) is 12.5. The fourth-order valence-corrected chi connectivity index (χ4v) is 2.08. The molecule has 1 fully saturated rings. The van der Waals surface area contributed by atoms with Gasteiger partial charge in [0.1, 0.15) is 0 Å². The van der Waals surface area contributed by atoms with Crippen LogP contribution in [0.3, 0.4) is 0 Å². The van der Waals surface area contributed by atoms with E-state index in [4.69, 9.17) is 0 Å². The van der Waals surface area contributed by atoms with Crippen molar-refractivity contribution in [1.29, 1.82) is 0 Å². The molecular weight excluding hydrogens is 188 g/mol. The predicted molar refractivity (Wildman–Crippen MR) is 62.7 cm³/mol. The average molecular weight is 212 g/mol. The topological polar surface area (TPSA) is 32.3 Å². The molecule has 1 aliphatic rings. The number of amides is 1. The summed E-state index contributed by atoms with van der Waals surface area (Å²) in [6.07, 6.45) is 3.06. The van der Waals surface area contributed by atoms with E-state index in [-0.39, 0.29) is 0 Å². The van der Waals surface area contributed by atoms with Crippen LogP contribution in [0.25, 0.3) is 0 Å². The molecule has 0 aliphatic carbocycles. The number of nitrogens with one attached hydrogen (secondary N) is 1. The first-order valence-corrected chi connectivity index (χ1v) is 6.14. The Bertz CT molecular complexity index is 204. The molecule has 1 heterocycles. The number of nitrogens with zero attached hydrogens (tertiary/aromatic N) is 1. The zero-order valence-corrected chi connectivity index (χ0v) is 10.3. The smallest absolute Gasteiger partial charge is 0.222 e. The molecule has 1 N–H and O–H groups in total. The highest BCUT2D eigenvalue weighted by atomic mass is 16.2. The van der Waals surface area contributed by atoms with E-state index < -0.39 is 0 Å². The summed E-state index contributed by atoms with van der Waals surface area (Å²) < 4.78 is 0. The molecule has 0 saturated carbocycles. The lowest BCUT2D eigenvalue weighted by Gasteiger charge is -2.33. The van der Waals surface area contributed by atoms with Crippen LogP contribution in [0.2, 0.25) is 0 Å². The highest BCUT2D eigenvalue weighted by Crippen LogP contribution is 2.16. The molecule has 0 aromatic heterocycles. The van der Waals surface area contributed by atoms with Gasteiger partial charge in [-0.15, -0.1) is 0 Å². The van der Waals surface area contributed by atoms with Crippen LogP contribution in [0.15, 0.2) is 0 Å². The van der Waals surface area contributed by atoms with Crippen LogP contribution in [0.5, 0.6) is 0 Å². The van der Waals surface area contributed by atoms with Crippen molar-refractivity contribution < 1.29 is 4.79 Å². The van der Waals surface area contributed by atoms with Gasteiger partial charge in [0, 0.05) is 25.6 Å². The van der Waals surface area contributed by atoms with Crippen molar-refractivity contribution in [2.45, 2.75) is 46.1 Å². The number of piperidine rings is 1. The summed E-state index contributed by atoms with van der Waals surface area (Å²) in [6.45, 7) is 9.23. The minimum Gasteiger partial charge on any atom is -0.342 e. The number of likely N-dealkylation sites (tertiary alicyclic amines) is 1. The maximum Gasteiger partial charge on any atom is 0.222 e.